The quantitative estimate of drug-likeness (QED) is 0.777. The van der Waals surface area contributed by atoms with Crippen LogP contribution in [0.4, 0.5) is 0 Å². The van der Waals surface area contributed by atoms with Gasteiger partial charge in [-0.3, -0.25) is 14.9 Å². The maximum absolute atomic E-state index is 12.3. The Morgan fingerprint density at radius 2 is 2.04 bits per heavy atom. The molecule has 2 aliphatic rings. The second kappa shape index (κ2) is 8.38. The lowest BCUT2D eigenvalue weighted by Gasteiger charge is -2.39. The van der Waals surface area contributed by atoms with Crippen LogP contribution in [-0.2, 0) is 9.59 Å². The summed E-state index contributed by atoms with van der Waals surface area (Å²) in [7, 11) is 0. The average molecular weight is 342 g/mol. The van der Waals surface area contributed by atoms with Gasteiger partial charge in [0.05, 0.1) is 10.9 Å². The summed E-state index contributed by atoms with van der Waals surface area (Å²) in [6.45, 7) is 7.84. The van der Waals surface area contributed by atoms with Crippen molar-refractivity contribution >= 4 is 23.6 Å². The highest BCUT2D eigenvalue weighted by Crippen LogP contribution is 2.39. The number of carbonyl (C=O) groups is 2. The standard InChI is InChI=1S/C17H31N3O2S/c1-4-6-7-15(21)20-10-8-17(9-11-20)19-14(12-23-17)16(22)18-13(3)5-2/h13-14,19H,4-12H2,1-3H3,(H,18,22)/t13-,14-/m0/s1. The van der Waals surface area contributed by atoms with E-state index in [9.17, 15) is 9.59 Å². The number of piperidine rings is 1. The van der Waals surface area contributed by atoms with Gasteiger partial charge in [-0.25, -0.2) is 0 Å². The van der Waals surface area contributed by atoms with E-state index in [1.54, 1.807) is 0 Å². The van der Waals surface area contributed by atoms with Crippen LogP contribution in [0.3, 0.4) is 0 Å². The van der Waals surface area contributed by atoms with Crippen molar-refractivity contribution < 1.29 is 9.59 Å². The van der Waals surface area contributed by atoms with Crippen molar-refractivity contribution in [2.24, 2.45) is 0 Å². The van der Waals surface area contributed by atoms with E-state index in [0.29, 0.717) is 6.42 Å². The van der Waals surface area contributed by atoms with Gasteiger partial charge in [-0.15, -0.1) is 11.8 Å². The minimum absolute atomic E-state index is 0.0149. The Balaban J connectivity index is 1.80. The summed E-state index contributed by atoms with van der Waals surface area (Å²) < 4.78 is 0. The molecule has 2 atom stereocenters. The summed E-state index contributed by atoms with van der Waals surface area (Å²) in [5.41, 5.74) is 0. The Hall–Kier alpha value is -0.750. The maximum Gasteiger partial charge on any atom is 0.238 e. The van der Waals surface area contributed by atoms with Crippen LogP contribution in [0.2, 0.25) is 0 Å². The number of thioether (sulfide) groups is 1. The van der Waals surface area contributed by atoms with Crippen LogP contribution in [0, 0.1) is 0 Å². The van der Waals surface area contributed by atoms with Crippen molar-refractivity contribution in [2.75, 3.05) is 18.8 Å². The number of amides is 2. The molecule has 1 spiro atoms. The molecule has 0 aromatic heterocycles. The molecule has 0 bridgehead atoms. The zero-order valence-corrected chi connectivity index (χ0v) is 15.5. The largest absolute Gasteiger partial charge is 0.352 e. The molecule has 0 unspecified atom stereocenters. The number of unbranched alkanes of at least 4 members (excludes halogenated alkanes) is 1. The third-order valence-electron chi connectivity index (χ3n) is 4.95. The fourth-order valence-electron chi connectivity index (χ4n) is 3.12. The first kappa shape index (κ1) is 18.6. The third kappa shape index (κ3) is 4.86. The maximum atomic E-state index is 12.3. The molecule has 2 aliphatic heterocycles. The van der Waals surface area contributed by atoms with Gasteiger partial charge >= 0.3 is 0 Å². The molecule has 0 aromatic rings. The number of nitrogens with zero attached hydrogens (tertiary/aromatic N) is 1. The van der Waals surface area contributed by atoms with Crippen molar-refractivity contribution in [2.45, 2.75) is 76.3 Å². The van der Waals surface area contributed by atoms with Crippen LogP contribution in [0.5, 0.6) is 0 Å². The molecule has 2 fully saturated rings. The lowest BCUT2D eigenvalue weighted by atomic mass is 10.0. The molecule has 23 heavy (non-hydrogen) atoms. The lowest BCUT2D eigenvalue weighted by molar-refractivity contribution is -0.132. The number of likely N-dealkylation sites (tertiary alicyclic amines) is 1. The van der Waals surface area contributed by atoms with Gasteiger partial charge in [0.2, 0.25) is 11.8 Å². The van der Waals surface area contributed by atoms with Gasteiger partial charge in [-0.2, -0.15) is 0 Å². The van der Waals surface area contributed by atoms with Crippen LogP contribution >= 0.6 is 11.8 Å². The Morgan fingerprint density at radius 3 is 2.65 bits per heavy atom. The minimum atomic E-state index is -0.101. The highest BCUT2D eigenvalue weighted by molar-refractivity contribution is 8.01. The summed E-state index contributed by atoms with van der Waals surface area (Å²) in [6, 6.07) is 0.125. The van der Waals surface area contributed by atoms with Crippen LogP contribution in [-0.4, -0.2) is 52.5 Å². The molecule has 6 heteroatoms. The molecule has 2 saturated heterocycles. The van der Waals surface area contributed by atoms with E-state index in [0.717, 1.165) is 50.9 Å². The number of rotatable bonds is 6. The monoisotopic (exact) mass is 341 g/mol. The summed E-state index contributed by atoms with van der Waals surface area (Å²) >= 11 is 1.86. The van der Waals surface area contributed by atoms with E-state index in [-0.39, 0.29) is 28.8 Å². The van der Waals surface area contributed by atoms with Crippen molar-refractivity contribution in [3.05, 3.63) is 0 Å². The van der Waals surface area contributed by atoms with Gasteiger partial charge in [0, 0.05) is 31.3 Å². The van der Waals surface area contributed by atoms with Crippen LogP contribution in [0.1, 0.15) is 59.3 Å². The highest BCUT2D eigenvalue weighted by atomic mass is 32.2. The zero-order valence-electron chi connectivity index (χ0n) is 14.7. The molecule has 2 rings (SSSR count). The Morgan fingerprint density at radius 1 is 1.35 bits per heavy atom. The van der Waals surface area contributed by atoms with Crippen LogP contribution < -0.4 is 10.6 Å². The fourth-order valence-corrected chi connectivity index (χ4v) is 4.54. The molecule has 2 N–H and O–H groups in total. The van der Waals surface area contributed by atoms with Crippen molar-refractivity contribution in [3.8, 4) is 0 Å². The second-order valence-corrected chi connectivity index (χ2v) is 8.21. The lowest BCUT2D eigenvalue weighted by Crippen LogP contribution is -2.55. The van der Waals surface area contributed by atoms with Gasteiger partial charge in [-0.1, -0.05) is 20.3 Å². The molecule has 0 aliphatic carbocycles. The zero-order chi connectivity index (χ0) is 16.9. The predicted molar refractivity (Wildman–Crippen MR) is 95.3 cm³/mol. The van der Waals surface area contributed by atoms with Gasteiger partial charge in [0.25, 0.3) is 0 Å². The molecule has 5 nitrogen and oxygen atoms in total. The summed E-state index contributed by atoms with van der Waals surface area (Å²) in [5, 5.41) is 6.62. The molecular formula is C17H31N3O2S. The van der Waals surface area contributed by atoms with Crippen molar-refractivity contribution in [1.29, 1.82) is 0 Å². The van der Waals surface area contributed by atoms with Gasteiger partial charge in [0.15, 0.2) is 0 Å². The number of hydrogen-bond donors (Lipinski definition) is 2. The smallest absolute Gasteiger partial charge is 0.238 e. The Bertz CT molecular complexity index is 422. The Kier molecular flexibility index (Phi) is 6.77. The molecule has 2 amide bonds. The fraction of sp³-hybridized carbons (Fsp3) is 0.882. The Labute approximate surface area is 144 Å². The second-order valence-electron chi connectivity index (χ2n) is 6.80. The SMILES string of the molecule is CCCCC(=O)N1CCC2(CC1)N[C@H](C(=O)N[C@@H](C)CC)CS2. The van der Waals surface area contributed by atoms with Gasteiger partial charge < -0.3 is 10.2 Å². The van der Waals surface area contributed by atoms with E-state index in [1.807, 2.05) is 23.6 Å². The number of hydrogen-bond acceptors (Lipinski definition) is 4. The first-order valence-electron chi connectivity index (χ1n) is 8.99. The predicted octanol–water partition coefficient (Wildman–Crippen LogP) is 2.12. The minimum Gasteiger partial charge on any atom is -0.352 e. The average Bonchev–Trinajstić information content (AvgIpc) is 2.97. The van der Waals surface area contributed by atoms with E-state index in [2.05, 4.69) is 24.5 Å². The molecule has 0 aromatic carbocycles. The van der Waals surface area contributed by atoms with E-state index in [1.165, 1.54) is 0 Å². The van der Waals surface area contributed by atoms with Crippen molar-refractivity contribution in [3.63, 3.8) is 0 Å². The number of nitrogens with one attached hydrogen (secondary N) is 2. The third-order valence-corrected chi connectivity index (χ3v) is 6.53. The first-order valence-corrected chi connectivity index (χ1v) is 9.98. The first-order chi connectivity index (χ1) is 11.0. The normalized spacial score (nSPS) is 24.7. The van der Waals surface area contributed by atoms with Gasteiger partial charge in [0.1, 0.15) is 0 Å². The highest BCUT2D eigenvalue weighted by Gasteiger charge is 2.44. The molecule has 2 heterocycles. The molecule has 0 radical (unpaired) electrons. The van der Waals surface area contributed by atoms with Gasteiger partial charge in [-0.05, 0) is 32.6 Å². The van der Waals surface area contributed by atoms with E-state index in [4.69, 9.17) is 0 Å². The van der Waals surface area contributed by atoms with Crippen LogP contribution in [0.25, 0.3) is 0 Å². The molecular weight excluding hydrogens is 310 g/mol. The molecule has 132 valence electrons. The molecule has 0 saturated carbocycles. The topological polar surface area (TPSA) is 61.4 Å². The van der Waals surface area contributed by atoms with Crippen LogP contribution in [0.15, 0.2) is 0 Å². The van der Waals surface area contributed by atoms with E-state index < -0.39 is 0 Å². The summed E-state index contributed by atoms with van der Waals surface area (Å²) in [5.74, 6) is 1.23. The summed E-state index contributed by atoms with van der Waals surface area (Å²) in [6.07, 6.45) is 5.53. The van der Waals surface area contributed by atoms with E-state index >= 15 is 0 Å². The summed E-state index contributed by atoms with van der Waals surface area (Å²) in [4.78, 5) is 26.4. The van der Waals surface area contributed by atoms with Crippen molar-refractivity contribution in [1.82, 2.24) is 15.5 Å². The number of carbonyl (C=O) groups excluding carboxylic acids is 2.